The number of carboxylic acids is 1. The van der Waals surface area contributed by atoms with Gasteiger partial charge in [-0.25, -0.2) is 4.57 Å². The number of unbranched alkanes of at least 4 members (excludes halogenated alkanes) is 7. The average Bonchev–Trinajstić information content (AvgIpc) is 2.38. The zero-order valence-corrected chi connectivity index (χ0v) is 13.6. The molecule has 0 saturated carbocycles. The third kappa shape index (κ3) is 14.2. The van der Waals surface area contributed by atoms with Crippen molar-refractivity contribution in [2.24, 2.45) is 0 Å². The van der Waals surface area contributed by atoms with E-state index in [9.17, 15) is 9.36 Å². The van der Waals surface area contributed by atoms with E-state index in [4.69, 9.17) is 14.9 Å². The maximum atomic E-state index is 10.9. The van der Waals surface area contributed by atoms with E-state index in [1.54, 1.807) is 0 Å². The molecule has 0 aliphatic heterocycles. The first-order valence-corrected chi connectivity index (χ1v) is 9.06. The lowest BCUT2D eigenvalue weighted by molar-refractivity contribution is -0.140. The van der Waals surface area contributed by atoms with Gasteiger partial charge >= 0.3 is 13.8 Å². The third-order valence-electron chi connectivity index (χ3n) is 3.13. The monoisotopic (exact) mass is 325 g/mol. The van der Waals surface area contributed by atoms with E-state index in [0.717, 1.165) is 19.3 Å². The quantitative estimate of drug-likeness (QED) is 0.286. The van der Waals surface area contributed by atoms with Crippen LogP contribution in [0.5, 0.6) is 0 Å². The Balaban J connectivity index is 3.61. The van der Waals surface area contributed by atoms with Crippen LogP contribution in [-0.2, 0) is 13.9 Å². The Morgan fingerprint density at radius 3 is 2.10 bits per heavy atom. The van der Waals surface area contributed by atoms with Gasteiger partial charge in [0.05, 0.1) is 6.61 Å². The Labute approximate surface area is 126 Å². The molecule has 0 bridgehead atoms. The smallest absolute Gasteiger partial charge is 0.469 e. The largest absolute Gasteiger partial charge is 0.480 e. The second kappa shape index (κ2) is 12.1. The number of phosphoric ester groups is 1. The van der Waals surface area contributed by atoms with Gasteiger partial charge in [-0.2, -0.15) is 0 Å². The van der Waals surface area contributed by atoms with Crippen LogP contribution >= 0.6 is 7.82 Å². The van der Waals surface area contributed by atoms with E-state index in [-0.39, 0.29) is 0 Å². The standard InChI is InChI=1S/C13H28NO6P/c1-2-3-4-5-6-7-8-9-10-14-12(13(15)16)11-20-21(17,18)19/h12,14H,2-11H2,1H3,(H,15,16)(H2,17,18,19)/t12-/m0/s1. The molecule has 0 amide bonds. The number of rotatable bonds is 14. The van der Waals surface area contributed by atoms with Crippen molar-refractivity contribution in [2.45, 2.75) is 64.3 Å². The molecule has 0 spiro atoms. The summed E-state index contributed by atoms with van der Waals surface area (Å²) in [6, 6.07) is -1.10. The van der Waals surface area contributed by atoms with Crippen LogP contribution in [0.4, 0.5) is 0 Å². The second-order valence-electron chi connectivity index (χ2n) is 5.11. The summed E-state index contributed by atoms with van der Waals surface area (Å²) in [6.07, 6.45) is 9.22. The van der Waals surface area contributed by atoms with E-state index < -0.39 is 26.4 Å². The van der Waals surface area contributed by atoms with Crippen molar-refractivity contribution in [3.8, 4) is 0 Å². The van der Waals surface area contributed by atoms with Crippen LogP contribution in [0, 0.1) is 0 Å². The summed E-state index contributed by atoms with van der Waals surface area (Å²) in [6.45, 7) is 2.13. The molecule has 1 atom stereocenters. The van der Waals surface area contributed by atoms with Crippen molar-refractivity contribution in [1.29, 1.82) is 0 Å². The van der Waals surface area contributed by atoms with E-state index >= 15 is 0 Å². The van der Waals surface area contributed by atoms with Gasteiger partial charge in [0.1, 0.15) is 6.04 Å². The van der Waals surface area contributed by atoms with Gasteiger partial charge in [0.15, 0.2) is 0 Å². The number of hydrogen-bond donors (Lipinski definition) is 4. The van der Waals surface area contributed by atoms with Crippen molar-refractivity contribution in [2.75, 3.05) is 13.2 Å². The van der Waals surface area contributed by atoms with Crippen molar-refractivity contribution >= 4 is 13.8 Å². The highest BCUT2D eigenvalue weighted by Crippen LogP contribution is 2.35. The lowest BCUT2D eigenvalue weighted by Gasteiger charge is -2.14. The Bertz CT molecular complexity index is 320. The molecule has 0 aliphatic rings. The van der Waals surface area contributed by atoms with E-state index in [0.29, 0.717) is 6.54 Å². The van der Waals surface area contributed by atoms with E-state index in [1.165, 1.54) is 32.1 Å². The minimum atomic E-state index is -4.63. The van der Waals surface area contributed by atoms with Crippen molar-refractivity contribution < 1.29 is 28.8 Å². The molecular formula is C13H28NO6P. The van der Waals surface area contributed by atoms with Crippen LogP contribution in [0.25, 0.3) is 0 Å². The third-order valence-corrected chi connectivity index (χ3v) is 3.61. The minimum Gasteiger partial charge on any atom is -0.480 e. The molecule has 8 heteroatoms. The SMILES string of the molecule is CCCCCCCCCCN[C@@H](COP(=O)(O)O)C(=O)O. The predicted octanol–water partition coefficient (Wildman–Crippen LogP) is 2.28. The molecule has 7 nitrogen and oxygen atoms in total. The molecule has 4 N–H and O–H groups in total. The number of aliphatic carboxylic acids is 1. The van der Waals surface area contributed by atoms with Gasteiger partial charge in [0.2, 0.25) is 0 Å². The summed E-state index contributed by atoms with van der Waals surface area (Å²) in [5, 5.41) is 11.6. The topological polar surface area (TPSA) is 116 Å². The fourth-order valence-electron chi connectivity index (χ4n) is 1.92. The Morgan fingerprint density at radius 2 is 1.62 bits per heavy atom. The maximum Gasteiger partial charge on any atom is 0.469 e. The normalized spacial score (nSPS) is 13.3. The Hall–Kier alpha value is -0.460. The molecule has 0 rings (SSSR count). The first-order chi connectivity index (χ1) is 9.87. The maximum absolute atomic E-state index is 10.9. The van der Waals surface area contributed by atoms with Gasteiger partial charge in [0, 0.05) is 0 Å². The number of carbonyl (C=O) groups is 1. The second-order valence-corrected chi connectivity index (χ2v) is 6.35. The highest BCUT2D eigenvalue weighted by atomic mass is 31.2. The average molecular weight is 325 g/mol. The Kier molecular flexibility index (Phi) is 11.9. The molecule has 0 heterocycles. The van der Waals surface area contributed by atoms with Crippen LogP contribution in [0.15, 0.2) is 0 Å². The lowest BCUT2D eigenvalue weighted by atomic mass is 10.1. The first kappa shape index (κ1) is 20.5. The van der Waals surface area contributed by atoms with Gasteiger partial charge in [-0.3, -0.25) is 9.32 Å². The zero-order valence-electron chi connectivity index (χ0n) is 12.7. The van der Waals surface area contributed by atoms with Crippen molar-refractivity contribution in [1.82, 2.24) is 5.32 Å². The lowest BCUT2D eigenvalue weighted by Crippen LogP contribution is -2.40. The van der Waals surface area contributed by atoms with E-state index in [2.05, 4.69) is 16.8 Å². The number of phosphoric acid groups is 1. The molecule has 0 aromatic heterocycles. The summed E-state index contributed by atoms with van der Waals surface area (Å²) < 4.78 is 14.7. The highest BCUT2D eigenvalue weighted by Gasteiger charge is 2.22. The van der Waals surface area contributed by atoms with Gasteiger partial charge in [-0.15, -0.1) is 0 Å². The molecular weight excluding hydrogens is 297 g/mol. The van der Waals surface area contributed by atoms with Crippen LogP contribution in [0.1, 0.15) is 58.3 Å². The van der Waals surface area contributed by atoms with Crippen LogP contribution in [0.3, 0.4) is 0 Å². The van der Waals surface area contributed by atoms with Gasteiger partial charge in [0.25, 0.3) is 0 Å². The summed E-state index contributed by atoms with van der Waals surface area (Å²) in [4.78, 5) is 28.0. The van der Waals surface area contributed by atoms with Crippen LogP contribution in [-0.4, -0.2) is 40.1 Å². The van der Waals surface area contributed by atoms with Crippen LogP contribution < -0.4 is 5.32 Å². The first-order valence-electron chi connectivity index (χ1n) is 7.53. The summed E-state index contributed by atoms with van der Waals surface area (Å²) in [5.41, 5.74) is 0. The minimum absolute atomic E-state index is 0.496. The van der Waals surface area contributed by atoms with Gasteiger partial charge in [-0.05, 0) is 13.0 Å². The van der Waals surface area contributed by atoms with Gasteiger partial charge < -0.3 is 20.2 Å². The van der Waals surface area contributed by atoms with Crippen molar-refractivity contribution in [3.63, 3.8) is 0 Å². The molecule has 126 valence electrons. The summed E-state index contributed by atoms with van der Waals surface area (Å²) >= 11 is 0. The Morgan fingerprint density at radius 1 is 1.10 bits per heavy atom. The molecule has 0 fully saturated rings. The molecule has 0 aliphatic carbocycles. The van der Waals surface area contributed by atoms with Crippen molar-refractivity contribution in [3.05, 3.63) is 0 Å². The zero-order chi connectivity index (χ0) is 16.1. The fourth-order valence-corrected chi connectivity index (χ4v) is 2.27. The van der Waals surface area contributed by atoms with Crippen LogP contribution in [0.2, 0.25) is 0 Å². The molecule has 0 aromatic rings. The number of hydrogen-bond acceptors (Lipinski definition) is 4. The van der Waals surface area contributed by atoms with Gasteiger partial charge in [-0.1, -0.05) is 51.9 Å². The van der Waals surface area contributed by atoms with E-state index in [1.807, 2.05) is 0 Å². The summed E-state index contributed by atoms with van der Waals surface area (Å²) in [5.74, 6) is -1.18. The fraction of sp³-hybridized carbons (Fsp3) is 0.923. The molecule has 21 heavy (non-hydrogen) atoms. The highest BCUT2D eigenvalue weighted by molar-refractivity contribution is 7.46. The molecule has 0 unspecified atom stereocenters. The number of nitrogens with one attached hydrogen (secondary N) is 1. The molecule has 0 radical (unpaired) electrons. The summed E-state index contributed by atoms with van der Waals surface area (Å²) in [7, 11) is -4.63. The molecule has 0 saturated heterocycles. The number of carboxylic acid groups (broad SMARTS) is 1. The molecule has 0 aromatic carbocycles. The predicted molar refractivity (Wildman–Crippen MR) is 80.0 cm³/mol.